The normalized spacial score (nSPS) is 31.6. The molecule has 0 radical (unpaired) electrons. The maximum Gasteiger partial charge on any atom is 0.320 e. The fourth-order valence-corrected chi connectivity index (χ4v) is 2.97. The molecule has 4 nitrogen and oxygen atoms in total. The fraction of sp³-hybridized carbons (Fsp3) is 0.538. The van der Waals surface area contributed by atoms with Crippen LogP contribution in [0.25, 0.3) is 0 Å². The number of cyclic esters (lactones) is 1. The Balaban J connectivity index is 1.78. The van der Waals surface area contributed by atoms with Crippen molar-refractivity contribution in [1.82, 2.24) is 0 Å². The SMILES string of the molecule is O=C1OC(c2ccco2)C2(CC2)C(=O)C12CC2. The third-order valence-electron chi connectivity index (χ3n) is 4.34. The molecule has 2 heterocycles. The summed E-state index contributed by atoms with van der Waals surface area (Å²) in [7, 11) is 0. The second kappa shape index (κ2) is 2.63. The van der Waals surface area contributed by atoms with Crippen molar-refractivity contribution in [2.24, 2.45) is 10.8 Å². The van der Waals surface area contributed by atoms with Crippen LogP contribution in [0, 0.1) is 10.8 Å². The van der Waals surface area contributed by atoms with Gasteiger partial charge in [0.15, 0.2) is 11.9 Å². The number of esters is 1. The van der Waals surface area contributed by atoms with Crippen LogP contribution in [0.2, 0.25) is 0 Å². The van der Waals surface area contributed by atoms with Gasteiger partial charge >= 0.3 is 5.97 Å². The van der Waals surface area contributed by atoms with Crippen LogP contribution in [0.15, 0.2) is 22.8 Å². The topological polar surface area (TPSA) is 56.5 Å². The van der Waals surface area contributed by atoms with Gasteiger partial charge in [0, 0.05) is 0 Å². The van der Waals surface area contributed by atoms with Crippen LogP contribution < -0.4 is 0 Å². The lowest BCUT2D eigenvalue weighted by molar-refractivity contribution is -0.177. The molecule has 1 saturated heterocycles. The smallest absolute Gasteiger partial charge is 0.320 e. The van der Waals surface area contributed by atoms with E-state index in [1.807, 2.05) is 0 Å². The van der Waals surface area contributed by atoms with E-state index >= 15 is 0 Å². The molecule has 4 heteroatoms. The van der Waals surface area contributed by atoms with Crippen molar-refractivity contribution >= 4 is 11.8 Å². The van der Waals surface area contributed by atoms with Crippen molar-refractivity contribution in [2.45, 2.75) is 31.8 Å². The minimum Gasteiger partial charge on any atom is -0.465 e. The Morgan fingerprint density at radius 1 is 1.18 bits per heavy atom. The predicted octanol–water partition coefficient (Wildman–Crippen LogP) is 2.01. The second-order valence-electron chi connectivity index (χ2n) is 5.37. The lowest BCUT2D eigenvalue weighted by Crippen LogP contribution is -2.44. The molecule has 1 aromatic heterocycles. The standard InChI is InChI=1S/C13H12O4/c14-10-12(3-4-12)9(8-2-1-7-16-8)17-11(15)13(10)5-6-13/h1-2,7,9H,3-6H2. The highest BCUT2D eigenvalue weighted by atomic mass is 16.6. The van der Waals surface area contributed by atoms with Gasteiger partial charge in [-0.15, -0.1) is 0 Å². The Hall–Kier alpha value is -1.58. The quantitative estimate of drug-likeness (QED) is 0.549. The van der Waals surface area contributed by atoms with Gasteiger partial charge in [-0.05, 0) is 37.8 Å². The van der Waals surface area contributed by atoms with Crippen LogP contribution in [0.1, 0.15) is 37.5 Å². The van der Waals surface area contributed by atoms with Crippen LogP contribution >= 0.6 is 0 Å². The van der Waals surface area contributed by atoms with E-state index in [9.17, 15) is 9.59 Å². The number of ketones is 1. The highest BCUT2D eigenvalue weighted by Crippen LogP contribution is 2.68. The van der Waals surface area contributed by atoms with Gasteiger partial charge in [-0.3, -0.25) is 9.59 Å². The first kappa shape index (κ1) is 9.45. The summed E-state index contributed by atoms with van der Waals surface area (Å²) < 4.78 is 10.8. The van der Waals surface area contributed by atoms with E-state index < -0.39 is 16.9 Å². The molecule has 4 rings (SSSR count). The third kappa shape index (κ3) is 0.989. The van der Waals surface area contributed by atoms with Crippen molar-refractivity contribution in [1.29, 1.82) is 0 Å². The van der Waals surface area contributed by atoms with Gasteiger partial charge in [0.25, 0.3) is 0 Å². The summed E-state index contributed by atoms with van der Waals surface area (Å²) in [5.74, 6) is 0.351. The number of hydrogen-bond donors (Lipinski definition) is 0. The molecule has 2 spiro atoms. The van der Waals surface area contributed by atoms with Gasteiger partial charge in [0.2, 0.25) is 0 Å². The first-order valence-electron chi connectivity index (χ1n) is 5.98. The Morgan fingerprint density at radius 3 is 2.47 bits per heavy atom. The number of carbonyl (C=O) groups excluding carboxylic acids is 2. The molecule has 2 aliphatic carbocycles. The number of rotatable bonds is 1. The van der Waals surface area contributed by atoms with Gasteiger partial charge < -0.3 is 9.15 Å². The number of ether oxygens (including phenoxy) is 1. The molecular weight excluding hydrogens is 220 g/mol. The highest BCUT2D eigenvalue weighted by molar-refractivity contribution is 6.12. The summed E-state index contributed by atoms with van der Waals surface area (Å²) in [6, 6.07) is 3.53. The van der Waals surface area contributed by atoms with Gasteiger partial charge in [-0.25, -0.2) is 0 Å². The van der Waals surface area contributed by atoms with Crippen LogP contribution in [0.3, 0.4) is 0 Å². The van der Waals surface area contributed by atoms with Crippen molar-refractivity contribution < 1.29 is 18.7 Å². The number of hydrogen-bond acceptors (Lipinski definition) is 4. The molecule has 88 valence electrons. The van der Waals surface area contributed by atoms with Crippen molar-refractivity contribution in [3.63, 3.8) is 0 Å². The molecule has 2 saturated carbocycles. The van der Waals surface area contributed by atoms with Crippen LogP contribution in [0.4, 0.5) is 0 Å². The summed E-state index contributed by atoms with van der Waals surface area (Å²) in [5, 5.41) is 0. The van der Waals surface area contributed by atoms with E-state index in [0.717, 1.165) is 12.8 Å². The molecule has 17 heavy (non-hydrogen) atoms. The van der Waals surface area contributed by atoms with E-state index in [1.165, 1.54) is 0 Å². The molecule has 0 aromatic carbocycles. The maximum atomic E-state index is 12.5. The molecule has 1 aliphatic heterocycles. The zero-order chi connectivity index (χ0) is 11.7. The Kier molecular flexibility index (Phi) is 1.46. The van der Waals surface area contributed by atoms with E-state index in [0.29, 0.717) is 18.6 Å². The van der Waals surface area contributed by atoms with Crippen LogP contribution in [-0.4, -0.2) is 11.8 Å². The molecule has 3 aliphatic rings. The summed E-state index contributed by atoms with van der Waals surface area (Å²) >= 11 is 0. The summed E-state index contributed by atoms with van der Waals surface area (Å²) in [4.78, 5) is 24.4. The zero-order valence-electron chi connectivity index (χ0n) is 9.27. The van der Waals surface area contributed by atoms with Gasteiger partial charge in [0.05, 0.1) is 11.7 Å². The summed E-state index contributed by atoms with van der Waals surface area (Å²) in [6.45, 7) is 0. The van der Waals surface area contributed by atoms with Crippen LogP contribution in [-0.2, 0) is 14.3 Å². The molecule has 0 N–H and O–H groups in total. The first-order chi connectivity index (χ1) is 8.19. The third-order valence-corrected chi connectivity index (χ3v) is 4.34. The van der Waals surface area contributed by atoms with E-state index in [4.69, 9.17) is 9.15 Å². The molecule has 1 unspecified atom stereocenters. The van der Waals surface area contributed by atoms with Crippen LogP contribution in [0.5, 0.6) is 0 Å². The van der Waals surface area contributed by atoms with E-state index in [1.54, 1.807) is 18.4 Å². The van der Waals surface area contributed by atoms with Crippen molar-refractivity contribution in [2.75, 3.05) is 0 Å². The van der Waals surface area contributed by atoms with Crippen molar-refractivity contribution in [3.8, 4) is 0 Å². The van der Waals surface area contributed by atoms with Gasteiger partial charge in [0.1, 0.15) is 11.2 Å². The fourth-order valence-electron chi connectivity index (χ4n) is 2.97. The summed E-state index contributed by atoms with van der Waals surface area (Å²) in [6.07, 6.45) is 4.00. The highest BCUT2D eigenvalue weighted by Gasteiger charge is 2.74. The van der Waals surface area contributed by atoms with Crippen molar-refractivity contribution in [3.05, 3.63) is 24.2 Å². The summed E-state index contributed by atoms with van der Waals surface area (Å²) in [5.41, 5.74) is -1.25. The molecule has 0 amide bonds. The maximum absolute atomic E-state index is 12.5. The molecule has 3 fully saturated rings. The molecule has 0 bridgehead atoms. The minimum absolute atomic E-state index is 0.0997. The largest absolute Gasteiger partial charge is 0.465 e. The van der Waals surface area contributed by atoms with Gasteiger partial charge in [-0.2, -0.15) is 0 Å². The predicted molar refractivity (Wildman–Crippen MR) is 55.9 cm³/mol. The Labute approximate surface area is 97.9 Å². The average Bonchev–Trinajstić information content (AvgIpc) is 3.22. The lowest BCUT2D eigenvalue weighted by atomic mass is 9.80. The lowest BCUT2D eigenvalue weighted by Gasteiger charge is -2.33. The monoisotopic (exact) mass is 232 g/mol. The number of carbonyl (C=O) groups is 2. The molecule has 1 atom stereocenters. The Bertz CT molecular complexity index is 506. The average molecular weight is 232 g/mol. The zero-order valence-corrected chi connectivity index (χ0v) is 9.27. The van der Waals surface area contributed by atoms with E-state index in [2.05, 4.69) is 0 Å². The van der Waals surface area contributed by atoms with Gasteiger partial charge in [-0.1, -0.05) is 0 Å². The molecule has 1 aromatic rings. The number of Topliss-reactive ketones (excluding diaryl/α,β-unsaturated/α-hetero) is 1. The Morgan fingerprint density at radius 2 is 1.94 bits per heavy atom. The second-order valence-corrected chi connectivity index (χ2v) is 5.37. The minimum atomic E-state index is -0.778. The molecular formula is C13H12O4. The van der Waals surface area contributed by atoms with E-state index in [-0.39, 0.29) is 11.8 Å². The number of furan rings is 1. The first-order valence-corrected chi connectivity index (χ1v) is 5.98.